The molecule has 1 heterocycles. The molecule has 1 amide bonds. The fourth-order valence-electron chi connectivity index (χ4n) is 1.51. The van der Waals surface area contributed by atoms with Crippen LogP contribution >= 0.6 is 0 Å². The number of halogens is 2. The molecule has 1 aliphatic rings. The molecule has 1 aliphatic heterocycles. The molecule has 0 aromatic heterocycles. The van der Waals surface area contributed by atoms with Crippen LogP contribution in [0.2, 0.25) is 0 Å². The van der Waals surface area contributed by atoms with E-state index in [0.29, 0.717) is 19.2 Å². The Morgan fingerprint density at radius 3 is 2.61 bits per heavy atom. The van der Waals surface area contributed by atoms with Crippen LogP contribution in [0.1, 0.15) is 0 Å². The molecule has 0 radical (unpaired) electrons. The zero-order valence-corrected chi connectivity index (χ0v) is 9.07. The van der Waals surface area contributed by atoms with E-state index in [1.807, 2.05) is 0 Å². The molecule has 6 nitrogen and oxygen atoms in total. The Hall–Kier alpha value is -2.09. The van der Waals surface area contributed by atoms with Gasteiger partial charge in [-0.2, -0.15) is 0 Å². The fourth-order valence-corrected chi connectivity index (χ4v) is 1.51. The molecule has 0 saturated carbocycles. The average Bonchev–Trinajstić information content (AvgIpc) is 2.22. The number of nitro groups is 1. The van der Waals surface area contributed by atoms with Crippen molar-refractivity contribution in [1.29, 1.82) is 0 Å². The SMILES string of the molecule is O=C(Nc1c([N+](=O)[O-])ccc(F)c1F)C1CNC1. The molecule has 0 unspecified atom stereocenters. The maximum Gasteiger partial charge on any atom is 0.296 e. The lowest BCUT2D eigenvalue weighted by molar-refractivity contribution is -0.384. The number of amides is 1. The normalized spacial score (nSPS) is 15.0. The third kappa shape index (κ3) is 2.14. The molecular formula is C10H9F2N3O3. The number of hydrogen-bond acceptors (Lipinski definition) is 4. The Bertz CT molecular complexity index is 517. The molecule has 18 heavy (non-hydrogen) atoms. The van der Waals surface area contributed by atoms with Crippen LogP contribution in [0.3, 0.4) is 0 Å². The summed E-state index contributed by atoms with van der Waals surface area (Å²) in [7, 11) is 0. The summed E-state index contributed by atoms with van der Waals surface area (Å²) in [6, 6.07) is 1.46. The summed E-state index contributed by atoms with van der Waals surface area (Å²) >= 11 is 0. The summed E-state index contributed by atoms with van der Waals surface area (Å²) in [6.07, 6.45) is 0. The van der Waals surface area contributed by atoms with Crippen molar-refractivity contribution in [2.75, 3.05) is 18.4 Å². The van der Waals surface area contributed by atoms with Gasteiger partial charge < -0.3 is 10.6 Å². The number of nitrogens with zero attached hydrogens (tertiary/aromatic N) is 1. The molecule has 2 N–H and O–H groups in total. The Morgan fingerprint density at radius 2 is 2.11 bits per heavy atom. The predicted octanol–water partition coefficient (Wildman–Crippen LogP) is 1.03. The van der Waals surface area contributed by atoms with Crippen LogP contribution in [0.5, 0.6) is 0 Å². The van der Waals surface area contributed by atoms with Crippen molar-refractivity contribution in [3.05, 3.63) is 33.9 Å². The summed E-state index contributed by atoms with van der Waals surface area (Å²) < 4.78 is 26.5. The standard InChI is InChI=1S/C10H9F2N3O3/c11-6-1-2-7(15(17)18)9(8(6)12)14-10(16)5-3-13-4-5/h1-2,5,13H,3-4H2,(H,14,16). The zero-order chi connectivity index (χ0) is 13.3. The summed E-state index contributed by atoms with van der Waals surface area (Å²) in [5.74, 6) is -3.62. The van der Waals surface area contributed by atoms with E-state index < -0.39 is 33.8 Å². The predicted molar refractivity (Wildman–Crippen MR) is 58.0 cm³/mol. The van der Waals surface area contributed by atoms with Gasteiger partial charge in [0, 0.05) is 19.2 Å². The second kappa shape index (κ2) is 4.65. The van der Waals surface area contributed by atoms with E-state index >= 15 is 0 Å². The summed E-state index contributed by atoms with van der Waals surface area (Å²) in [5, 5.41) is 15.6. The Kier molecular flexibility index (Phi) is 3.19. The van der Waals surface area contributed by atoms with E-state index in [4.69, 9.17) is 0 Å². The van der Waals surface area contributed by atoms with Crippen molar-refractivity contribution in [2.24, 2.45) is 5.92 Å². The van der Waals surface area contributed by atoms with Gasteiger partial charge in [-0.15, -0.1) is 0 Å². The van der Waals surface area contributed by atoms with Crippen LogP contribution in [0.25, 0.3) is 0 Å². The number of carbonyl (C=O) groups excluding carboxylic acids is 1. The smallest absolute Gasteiger partial charge is 0.296 e. The van der Waals surface area contributed by atoms with Gasteiger partial charge in [0.05, 0.1) is 10.8 Å². The van der Waals surface area contributed by atoms with Gasteiger partial charge in [-0.3, -0.25) is 14.9 Å². The lowest BCUT2D eigenvalue weighted by Gasteiger charge is -2.25. The van der Waals surface area contributed by atoms with E-state index in [2.05, 4.69) is 10.6 Å². The van der Waals surface area contributed by atoms with E-state index in [1.165, 1.54) is 0 Å². The van der Waals surface area contributed by atoms with Gasteiger partial charge in [0.1, 0.15) is 0 Å². The number of benzene rings is 1. The molecule has 1 aromatic carbocycles. The quantitative estimate of drug-likeness (QED) is 0.625. The van der Waals surface area contributed by atoms with Crippen molar-refractivity contribution in [1.82, 2.24) is 5.32 Å². The summed E-state index contributed by atoms with van der Waals surface area (Å²) in [4.78, 5) is 21.4. The average molecular weight is 257 g/mol. The van der Waals surface area contributed by atoms with E-state index in [1.54, 1.807) is 0 Å². The minimum atomic E-state index is -1.43. The third-order valence-electron chi connectivity index (χ3n) is 2.67. The molecule has 2 rings (SSSR count). The zero-order valence-electron chi connectivity index (χ0n) is 9.07. The highest BCUT2D eigenvalue weighted by molar-refractivity contribution is 5.95. The molecule has 0 bridgehead atoms. The maximum atomic E-state index is 13.5. The molecule has 1 saturated heterocycles. The first-order valence-corrected chi connectivity index (χ1v) is 5.14. The molecule has 0 aliphatic carbocycles. The van der Waals surface area contributed by atoms with Crippen molar-refractivity contribution in [2.45, 2.75) is 0 Å². The molecule has 96 valence electrons. The third-order valence-corrected chi connectivity index (χ3v) is 2.67. The van der Waals surface area contributed by atoms with E-state index in [0.717, 1.165) is 6.07 Å². The number of carbonyl (C=O) groups is 1. The van der Waals surface area contributed by atoms with Gasteiger partial charge in [-0.1, -0.05) is 0 Å². The molecular weight excluding hydrogens is 248 g/mol. The number of nitro benzene ring substituents is 1. The minimum Gasteiger partial charge on any atom is -0.318 e. The Labute approximate surface area is 100 Å². The molecule has 0 atom stereocenters. The Morgan fingerprint density at radius 1 is 1.44 bits per heavy atom. The topological polar surface area (TPSA) is 84.3 Å². The van der Waals surface area contributed by atoms with Crippen molar-refractivity contribution < 1.29 is 18.5 Å². The number of nitrogens with one attached hydrogen (secondary N) is 2. The van der Waals surface area contributed by atoms with E-state index in [9.17, 15) is 23.7 Å². The van der Waals surface area contributed by atoms with Crippen molar-refractivity contribution in [3.8, 4) is 0 Å². The highest BCUT2D eigenvalue weighted by Crippen LogP contribution is 2.29. The van der Waals surface area contributed by atoms with Gasteiger partial charge in [-0.05, 0) is 6.07 Å². The number of anilines is 1. The molecule has 1 fully saturated rings. The Balaban J connectivity index is 2.32. The van der Waals surface area contributed by atoms with Gasteiger partial charge in [0.15, 0.2) is 17.3 Å². The van der Waals surface area contributed by atoms with Crippen molar-refractivity contribution >= 4 is 17.3 Å². The first kappa shape index (κ1) is 12.4. The summed E-state index contributed by atoms with van der Waals surface area (Å²) in [6.45, 7) is 0.827. The van der Waals surface area contributed by atoms with Crippen molar-refractivity contribution in [3.63, 3.8) is 0 Å². The van der Waals surface area contributed by atoms with Crippen LogP contribution in [-0.4, -0.2) is 23.9 Å². The lowest BCUT2D eigenvalue weighted by atomic mass is 10.0. The largest absolute Gasteiger partial charge is 0.318 e. The maximum absolute atomic E-state index is 13.5. The molecule has 1 aromatic rings. The van der Waals surface area contributed by atoms with Crippen LogP contribution < -0.4 is 10.6 Å². The second-order valence-corrected chi connectivity index (χ2v) is 3.86. The van der Waals surface area contributed by atoms with Gasteiger partial charge >= 0.3 is 0 Å². The monoisotopic (exact) mass is 257 g/mol. The van der Waals surface area contributed by atoms with Crippen LogP contribution in [0.15, 0.2) is 12.1 Å². The lowest BCUT2D eigenvalue weighted by Crippen LogP contribution is -2.48. The number of rotatable bonds is 3. The fraction of sp³-hybridized carbons (Fsp3) is 0.300. The first-order chi connectivity index (χ1) is 8.50. The summed E-state index contributed by atoms with van der Waals surface area (Å²) in [5.41, 5.74) is -1.40. The minimum absolute atomic E-state index is 0.382. The van der Waals surface area contributed by atoms with Crippen LogP contribution in [-0.2, 0) is 4.79 Å². The van der Waals surface area contributed by atoms with Gasteiger partial charge in [0.2, 0.25) is 5.91 Å². The van der Waals surface area contributed by atoms with Crippen LogP contribution in [0.4, 0.5) is 20.2 Å². The highest BCUT2D eigenvalue weighted by atomic mass is 19.2. The van der Waals surface area contributed by atoms with E-state index in [-0.39, 0.29) is 5.92 Å². The number of hydrogen-bond donors (Lipinski definition) is 2. The van der Waals surface area contributed by atoms with Gasteiger partial charge in [0.25, 0.3) is 5.69 Å². The molecule has 0 spiro atoms. The molecule has 8 heteroatoms. The van der Waals surface area contributed by atoms with Gasteiger partial charge in [-0.25, -0.2) is 8.78 Å². The second-order valence-electron chi connectivity index (χ2n) is 3.86. The first-order valence-electron chi connectivity index (χ1n) is 5.14. The van der Waals surface area contributed by atoms with Crippen LogP contribution in [0, 0.1) is 27.7 Å². The highest BCUT2D eigenvalue weighted by Gasteiger charge is 2.29.